The summed E-state index contributed by atoms with van der Waals surface area (Å²) in [5, 5.41) is 3.70. The zero-order chi connectivity index (χ0) is 9.26. The fourth-order valence-corrected chi connectivity index (χ4v) is 1.75. The number of hydrogen-bond donors (Lipinski definition) is 1. The Labute approximate surface area is 81.9 Å². The van der Waals surface area contributed by atoms with Gasteiger partial charge in [-0.1, -0.05) is 17.7 Å². The summed E-state index contributed by atoms with van der Waals surface area (Å²) in [5.74, 6) is 0.369. The molecule has 1 aliphatic rings. The van der Waals surface area contributed by atoms with Crippen LogP contribution in [0.1, 0.15) is 5.56 Å². The highest BCUT2D eigenvalue weighted by atomic mass is 35.5. The van der Waals surface area contributed by atoms with Crippen LogP contribution in [0.5, 0.6) is 0 Å². The first-order valence-electron chi connectivity index (χ1n) is 4.41. The summed E-state index contributed by atoms with van der Waals surface area (Å²) >= 11 is 5.89. The molecule has 0 amide bonds. The maximum Gasteiger partial charge on any atom is 0.127 e. The van der Waals surface area contributed by atoms with Crippen LogP contribution in [0.4, 0.5) is 4.39 Å². The van der Waals surface area contributed by atoms with Crippen molar-refractivity contribution in [2.75, 3.05) is 13.1 Å². The topological polar surface area (TPSA) is 12.0 Å². The van der Waals surface area contributed by atoms with Gasteiger partial charge in [0.2, 0.25) is 0 Å². The number of benzene rings is 1. The Bertz CT molecular complexity index is 290. The molecule has 0 bridgehead atoms. The van der Waals surface area contributed by atoms with Crippen molar-refractivity contribution in [1.29, 1.82) is 0 Å². The monoisotopic (exact) mass is 199 g/mol. The van der Waals surface area contributed by atoms with E-state index in [4.69, 9.17) is 11.6 Å². The Hall–Kier alpha value is -0.600. The van der Waals surface area contributed by atoms with E-state index < -0.39 is 0 Å². The van der Waals surface area contributed by atoms with Gasteiger partial charge in [-0.3, -0.25) is 0 Å². The second-order valence-corrected chi connectivity index (χ2v) is 3.84. The minimum absolute atomic E-state index is 0.181. The van der Waals surface area contributed by atoms with Crippen LogP contribution >= 0.6 is 11.6 Å². The van der Waals surface area contributed by atoms with Gasteiger partial charge >= 0.3 is 0 Å². The third-order valence-electron chi connectivity index (χ3n) is 2.42. The Kier molecular flexibility index (Phi) is 2.51. The summed E-state index contributed by atoms with van der Waals surface area (Å²) in [6.07, 6.45) is 0.749. The van der Waals surface area contributed by atoms with E-state index in [1.54, 1.807) is 12.1 Å². The SMILES string of the molecule is Fc1cccc(Cl)c1CC1CNC1. The molecule has 70 valence electrons. The highest BCUT2D eigenvalue weighted by molar-refractivity contribution is 6.31. The summed E-state index contributed by atoms with van der Waals surface area (Å²) < 4.78 is 13.3. The first-order chi connectivity index (χ1) is 6.27. The predicted molar refractivity (Wildman–Crippen MR) is 51.5 cm³/mol. The lowest BCUT2D eigenvalue weighted by molar-refractivity contribution is 0.343. The molecule has 1 aliphatic heterocycles. The van der Waals surface area contributed by atoms with Crippen molar-refractivity contribution in [3.8, 4) is 0 Å². The molecule has 0 spiro atoms. The molecule has 1 aromatic carbocycles. The fraction of sp³-hybridized carbons (Fsp3) is 0.400. The van der Waals surface area contributed by atoms with Crippen LogP contribution in [-0.2, 0) is 6.42 Å². The Morgan fingerprint density at radius 1 is 1.46 bits per heavy atom. The molecule has 0 aliphatic carbocycles. The molecule has 1 heterocycles. The maximum absolute atomic E-state index is 13.3. The van der Waals surface area contributed by atoms with Crippen LogP contribution in [0.3, 0.4) is 0 Å². The Morgan fingerprint density at radius 3 is 2.77 bits per heavy atom. The van der Waals surface area contributed by atoms with E-state index in [0.29, 0.717) is 16.5 Å². The first kappa shape index (κ1) is 8.97. The van der Waals surface area contributed by atoms with E-state index in [1.165, 1.54) is 6.07 Å². The Balaban J connectivity index is 2.17. The largest absolute Gasteiger partial charge is 0.316 e. The van der Waals surface area contributed by atoms with Crippen molar-refractivity contribution in [2.24, 2.45) is 5.92 Å². The van der Waals surface area contributed by atoms with Gasteiger partial charge in [0.05, 0.1) is 0 Å². The third-order valence-corrected chi connectivity index (χ3v) is 2.77. The van der Waals surface area contributed by atoms with E-state index in [-0.39, 0.29) is 5.82 Å². The standard InChI is InChI=1S/C10H11ClFN/c11-9-2-1-3-10(12)8(9)4-7-5-13-6-7/h1-3,7,13H,4-6H2. The molecular weight excluding hydrogens is 189 g/mol. The van der Waals surface area contributed by atoms with Gasteiger partial charge in [0, 0.05) is 10.6 Å². The lowest BCUT2D eigenvalue weighted by Gasteiger charge is -2.27. The summed E-state index contributed by atoms with van der Waals surface area (Å²) in [7, 11) is 0. The van der Waals surface area contributed by atoms with Crippen molar-refractivity contribution < 1.29 is 4.39 Å². The molecule has 3 heteroatoms. The zero-order valence-electron chi connectivity index (χ0n) is 7.19. The minimum Gasteiger partial charge on any atom is -0.316 e. The smallest absolute Gasteiger partial charge is 0.127 e. The molecule has 0 radical (unpaired) electrons. The summed E-state index contributed by atoms with van der Waals surface area (Å²) in [6, 6.07) is 4.85. The molecule has 1 fully saturated rings. The number of rotatable bonds is 2. The molecular formula is C10H11ClFN. The first-order valence-corrected chi connectivity index (χ1v) is 4.79. The van der Waals surface area contributed by atoms with Gasteiger partial charge in [-0.2, -0.15) is 0 Å². The van der Waals surface area contributed by atoms with Gasteiger partial charge in [-0.05, 0) is 37.6 Å². The van der Waals surface area contributed by atoms with Crippen LogP contribution < -0.4 is 5.32 Å². The highest BCUT2D eigenvalue weighted by Gasteiger charge is 2.19. The summed E-state index contributed by atoms with van der Waals surface area (Å²) in [6.45, 7) is 1.95. The quantitative estimate of drug-likeness (QED) is 0.771. The fourth-order valence-electron chi connectivity index (χ4n) is 1.51. The van der Waals surface area contributed by atoms with E-state index in [2.05, 4.69) is 5.32 Å². The molecule has 0 unspecified atom stereocenters. The average Bonchev–Trinajstić information content (AvgIpc) is 2.00. The van der Waals surface area contributed by atoms with Crippen molar-refractivity contribution in [3.05, 3.63) is 34.6 Å². The summed E-state index contributed by atoms with van der Waals surface area (Å²) in [5.41, 5.74) is 0.663. The lowest BCUT2D eigenvalue weighted by Crippen LogP contribution is -2.43. The lowest BCUT2D eigenvalue weighted by atomic mass is 9.94. The highest BCUT2D eigenvalue weighted by Crippen LogP contribution is 2.23. The molecule has 1 N–H and O–H groups in total. The van der Waals surface area contributed by atoms with Crippen LogP contribution in [0, 0.1) is 11.7 Å². The average molecular weight is 200 g/mol. The molecule has 0 atom stereocenters. The minimum atomic E-state index is -0.181. The van der Waals surface area contributed by atoms with Crippen molar-refractivity contribution in [2.45, 2.75) is 6.42 Å². The number of hydrogen-bond acceptors (Lipinski definition) is 1. The second kappa shape index (κ2) is 3.64. The van der Waals surface area contributed by atoms with Gasteiger partial charge in [-0.15, -0.1) is 0 Å². The predicted octanol–water partition coefficient (Wildman–Crippen LogP) is 2.24. The van der Waals surface area contributed by atoms with Gasteiger partial charge in [0.15, 0.2) is 0 Å². The van der Waals surface area contributed by atoms with Gasteiger partial charge < -0.3 is 5.32 Å². The van der Waals surface area contributed by atoms with Crippen LogP contribution in [0.25, 0.3) is 0 Å². The van der Waals surface area contributed by atoms with Gasteiger partial charge in [0.1, 0.15) is 5.82 Å². The molecule has 0 aromatic heterocycles. The number of nitrogens with one attached hydrogen (secondary N) is 1. The van der Waals surface area contributed by atoms with E-state index in [9.17, 15) is 4.39 Å². The zero-order valence-corrected chi connectivity index (χ0v) is 7.94. The normalized spacial score (nSPS) is 17.1. The van der Waals surface area contributed by atoms with Gasteiger partial charge in [-0.25, -0.2) is 4.39 Å². The van der Waals surface area contributed by atoms with Gasteiger partial charge in [0.25, 0.3) is 0 Å². The molecule has 1 saturated heterocycles. The van der Waals surface area contributed by atoms with Crippen molar-refractivity contribution in [3.63, 3.8) is 0 Å². The maximum atomic E-state index is 13.3. The molecule has 13 heavy (non-hydrogen) atoms. The number of halogens is 2. The van der Waals surface area contributed by atoms with Crippen molar-refractivity contribution in [1.82, 2.24) is 5.32 Å². The van der Waals surface area contributed by atoms with E-state index in [1.807, 2.05) is 0 Å². The van der Waals surface area contributed by atoms with E-state index in [0.717, 1.165) is 19.5 Å². The third kappa shape index (κ3) is 1.84. The second-order valence-electron chi connectivity index (χ2n) is 3.43. The molecule has 0 saturated carbocycles. The summed E-state index contributed by atoms with van der Waals surface area (Å²) in [4.78, 5) is 0. The Morgan fingerprint density at radius 2 is 2.23 bits per heavy atom. The van der Waals surface area contributed by atoms with E-state index >= 15 is 0 Å². The van der Waals surface area contributed by atoms with Crippen LogP contribution in [0.2, 0.25) is 5.02 Å². The van der Waals surface area contributed by atoms with Crippen LogP contribution in [-0.4, -0.2) is 13.1 Å². The molecule has 1 aromatic rings. The van der Waals surface area contributed by atoms with Crippen molar-refractivity contribution >= 4 is 11.6 Å². The van der Waals surface area contributed by atoms with Crippen LogP contribution in [0.15, 0.2) is 18.2 Å². The molecule has 1 nitrogen and oxygen atoms in total. The molecule has 2 rings (SSSR count).